The van der Waals surface area contributed by atoms with Gasteiger partial charge < -0.3 is 25.3 Å². The highest BCUT2D eigenvalue weighted by Crippen LogP contribution is 2.30. The molecule has 0 radical (unpaired) electrons. The number of carbonyl (C=O) groups is 1. The normalized spacial score (nSPS) is 10.0. The molecule has 0 saturated heterocycles. The molecule has 0 bridgehead atoms. The number of carbonyl (C=O) groups excluding carboxylic acids is 1. The molecule has 0 saturated carbocycles. The van der Waals surface area contributed by atoms with Gasteiger partial charge in [-0.25, -0.2) is 0 Å². The second-order valence-electron chi connectivity index (χ2n) is 4.56. The van der Waals surface area contributed by atoms with Gasteiger partial charge in [-0.05, 0) is 13.0 Å². The lowest BCUT2D eigenvalue weighted by Gasteiger charge is -2.13. The summed E-state index contributed by atoms with van der Waals surface area (Å²) in [5, 5.41) is 2.73. The third-order valence-electron chi connectivity index (χ3n) is 2.70. The summed E-state index contributed by atoms with van der Waals surface area (Å²) < 4.78 is 15.6. The Morgan fingerprint density at radius 1 is 1.33 bits per heavy atom. The number of amides is 1. The molecule has 116 valence electrons. The van der Waals surface area contributed by atoms with E-state index in [1.807, 2.05) is 6.92 Å². The summed E-state index contributed by atoms with van der Waals surface area (Å²) in [6, 6.07) is 3.20. The lowest BCUT2D eigenvalue weighted by atomic mass is 10.1. The van der Waals surface area contributed by atoms with E-state index >= 15 is 0 Å². The first kappa shape index (κ1) is 16.8. The molecule has 21 heavy (non-hydrogen) atoms. The summed E-state index contributed by atoms with van der Waals surface area (Å²) in [4.78, 5) is 12.1. The van der Waals surface area contributed by atoms with E-state index in [1.165, 1.54) is 14.2 Å². The minimum atomic E-state index is -0.302. The summed E-state index contributed by atoms with van der Waals surface area (Å²) in [7, 11) is 3.00. The van der Waals surface area contributed by atoms with Crippen LogP contribution in [-0.2, 0) is 4.74 Å². The molecule has 0 aromatic heterocycles. The third kappa shape index (κ3) is 5.00. The SMILES string of the molecule is C=C(C)COCCNC(=O)c1cc(OC)cc(OC)c1N. The van der Waals surface area contributed by atoms with Gasteiger partial charge in [0.1, 0.15) is 11.5 Å². The molecule has 0 unspecified atom stereocenters. The second-order valence-corrected chi connectivity index (χ2v) is 4.56. The highest BCUT2D eigenvalue weighted by molar-refractivity contribution is 6.00. The molecule has 0 atom stereocenters. The molecule has 1 rings (SSSR count). The molecule has 0 aliphatic heterocycles. The van der Waals surface area contributed by atoms with Crippen molar-refractivity contribution in [3.63, 3.8) is 0 Å². The first-order valence-corrected chi connectivity index (χ1v) is 6.51. The van der Waals surface area contributed by atoms with Gasteiger partial charge in [-0.15, -0.1) is 0 Å². The van der Waals surface area contributed by atoms with Crippen LogP contribution in [0.1, 0.15) is 17.3 Å². The van der Waals surface area contributed by atoms with E-state index in [4.69, 9.17) is 19.9 Å². The number of nitrogens with two attached hydrogens (primary N) is 1. The summed E-state index contributed by atoms with van der Waals surface area (Å²) >= 11 is 0. The number of nitrogen functional groups attached to an aromatic ring is 1. The van der Waals surface area contributed by atoms with Gasteiger partial charge in [0.2, 0.25) is 0 Å². The largest absolute Gasteiger partial charge is 0.497 e. The van der Waals surface area contributed by atoms with Gasteiger partial charge in [-0.1, -0.05) is 12.2 Å². The molecule has 0 heterocycles. The summed E-state index contributed by atoms with van der Waals surface area (Å²) in [6.45, 7) is 6.86. The van der Waals surface area contributed by atoms with E-state index in [1.54, 1.807) is 12.1 Å². The maximum Gasteiger partial charge on any atom is 0.253 e. The number of anilines is 1. The number of nitrogens with one attached hydrogen (secondary N) is 1. The van der Waals surface area contributed by atoms with Crippen LogP contribution < -0.4 is 20.5 Å². The van der Waals surface area contributed by atoms with Crippen molar-refractivity contribution in [1.29, 1.82) is 0 Å². The van der Waals surface area contributed by atoms with Gasteiger partial charge in [-0.3, -0.25) is 4.79 Å². The fourth-order valence-corrected chi connectivity index (χ4v) is 1.65. The average Bonchev–Trinajstić information content (AvgIpc) is 2.46. The Morgan fingerprint density at radius 3 is 2.62 bits per heavy atom. The zero-order chi connectivity index (χ0) is 15.8. The maximum atomic E-state index is 12.1. The monoisotopic (exact) mass is 294 g/mol. The van der Waals surface area contributed by atoms with Crippen LogP contribution in [0.2, 0.25) is 0 Å². The predicted octanol–water partition coefficient (Wildman–Crippen LogP) is 1.61. The first-order chi connectivity index (χ1) is 9.99. The molecule has 6 heteroatoms. The third-order valence-corrected chi connectivity index (χ3v) is 2.70. The van der Waals surface area contributed by atoms with Gasteiger partial charge in [0, 0.05) is 12.6 Å². The van der Waals surface area contributed by atoms with Gasteiger partial charge in [-0.2, -0.15) is 0 Å². The molecule has 0 fully saturated rings. The summed E-state index contributed by atoms with van der Waals surface area (Å²) in [5.74, 6) is 0.603. The van der Waals surface area contributed by atoms with Crippen molar-refractivity contribution in [1.82, 2.24) is 5.32 Å². The van der Waals surface area contributed by atoms with Crippen LogP contribution in [0.15, 0.2) is 24.3 Å². The van der Waals surface area contributed by atoms with Crippen molar-refractivity contribution < 1.29 is 19.0 Å². The summed E-state index contributed by atoms with van der Waals surface area (Å²) in [6.07, 6.45) is 0. The topological polar surface area (TPSA) is 82.8 Å². The van der Waals surface area contributed by atoms with Crippen LogP contribution >= 0.6 is 0 Å². The van der Waals surface area contributed by atoms with Crippen LogP contribution in [0, 0.1) is 0 Å². The zero-order valence-electron chi connectivity index (χ0n) is 12.7. The van der Waals surface area contributed by atoms with Gasteiger partial charge in [0.15, 0.2) is 0 Å². The Balaban J connectivity index is 2.67. The first-order valence-electron chi connectivity index (χ1n) is 6.51. The van der Waals surface area contributed by atoms with Crippen molar-refractivity contribution in [2.45, 2.75) is 6.92 Å². The molecule has 6 nitrogen and oxygen atoms in total. The molecule has 3 N–H and O–H groups in total. The van der Waals surface area contributed by atoms with Gasteiger partial charge in [0.05, 0.1) is 38.7 Å². The quantitative estimate of drug-likeness (QED) is 0.432. The van der Waals surface area contributed by atoms with Crippen molar-refractivity contribution >= 4 is 11.6 Å². The average molecular weight is 294 g/mol. The van der Waals surface area contributed by atoms with Crippen molar-refractivity contribution in [3.8, 4) is 11.5 Å². The molecule has 0 spiro atoms. The number of methoxy groups -OCH3 is 2. The molecular formula is C15H22N2O4. The molecule has 1 aromatic carbocycles. The van der Waals surface area contributed by atoms with Crippen LogP contribution in [0.4, 0.5) is 5.69 Å². The molecule has 1 amide bonds. The highest BCUT2D eigenvalue weighted by atomic mass is 16.5. The van der Waals surface area contributed by atoms with Gasteiger partial charge >= 0.3 is 0 Å². The smallest absolute Gasteiger partial charge is 0.253 e. The maximum absolute atomic E-state index is 12.1. The number of rotatable bonds is 8. The van der Waals surface area contributed by atoms with Crippen molar-refractivity contribution in [2.75, 3.05) is 39.7 Å². The Bertz CT molecular complexity index is 515. The Hall–Kier alpha value is -2.21. The highest BCUT2D eigenvalue weighted by Gasteiger charge is 2.15. The van der Waals surface area contributed by atoms with E-state index < -0.39 is 0 Å². The number of hydrogen-bond acceptors (Lipinski definition) is 5. The second kappa shape index (κ2) is 8.16. The Kier molecular flexibility index (Phi) is 6.55. The van der Waals surface area contributed by atoms with E-state index in [2.05, 4.69) is 11.9 Å². The number of ether oxygens (including phenoxy) is 3. The summed E-state index contributed by atoms with van der Waals surface area (Å²) in [5.41, 5.74) is 7.43. The van der Waals surface area contributed by atoms with E-state index in [0.717, 1.165) is 5.57 Å². The van der Waals surface area contributed by atoms with Gasteiger partial charge in [0.25, 0.3) is 5.91 Å². The van der Waals surface area contributed by atoms with E-state index in [-0.39, 0.29) is 11.6 Å². The number of benzene rings is 1. The molecular weight excluding hydrogens is 272 g/mol. The fourth-order valence-electron chi connectivity index (χ4n) is 1.65. The van der Waals surface area contributed by atoms with E-state index in [0.29, 0.717) is 36.8 Å². The Labute approximate surface area is 124 Å². The van der Waals surface area contributed by atoms with Crippen LogP contribution in [0.3, 0.4) is 0 Å². The lowest BCUT2D eigenvalue weighted by molar-refractivity contribution is 0.0927. The minimum Gasteiger partial charge on any atom is -0.497 e. The standard InChI is InChI=1S/C15H22N2O4/c1-10(2)9-21-6-5-17-15(18)12-7-11(19-3)8-13(20-4)14(12)16/h7-8H,1,5-6,9,16H2,2-4H3,(H,17,18). The molecule has 1 aromatic rings. The Morgan fingerprint density at radius 2 is 2.05 bits per heavy atom. The van der Waals surface area contributed by atoms with Crippen LogP contribution in [0.5, 0.6) is 11.5 Å². The van der Waals surface area contributed by atoms with E-state index in [9.17, 15) is 4.79 Å². The number of hydrogen-bond donors (Lipinski definition) is 2. The van der Waals surface area contributed by atoms with Crippen molar-refractivity contribution in [2.24, 2.45) is 0 Å². The predicted molar refractivity (Wildman–Crippen MR) is 81.9 cm³/mol. The lowest BCUT2D eigenvalue weighted by Crippen LogP contribution is -2.28. The molecule has 0 aliphatic rings. The fraction of sp³-hybridized carbons (Fsp3) is 0.400. The van der Waals surface area contributed by atoms with Crippen molar-refractivity contribution in [3.05, 3.63) is 29.8 Å². The van der Waals surface area contributed by atoms with Crippen LogP contribution in [-0.4, -0.2) is 39.9 Å². The molecule has 0 aliphatic carbocycles. The van der Waals surface area contributed by atoms with Crippen LogP contribution in [0.25, 0.3) is 0 Å². The zero-order valence-corrected chi connectivity index (χ0v) is 12.7. The minimum absolute atomic E-state index is 0.277.